The lowest BCUT2D eigenvalue weighted by atomic mass is 10.0. The fraction of sp³-hybridized carbons (Fsp3) is 0.500. The van der Waals surface area contributed by atoms with Gasteiger partial charge in [-0.05, 0) is 30.2 Å². The third-order valence-corrected chi connectivity index (χ3v) is 2.57. The Morgan fingerprint density at radius 3 is 2.67 bits per heavy atom. The van der Waals surface area contributed by atoms with Gasteiger partial charge in [-0.2, -0.15) is 0 Å². The van der Waals surface area contributed by atoms with Gasteiger partial charge >= 0.3 is 0 Å². The third-order valence-electron chi connectivity index (χ3n) is 2.35. The van der Waals surface area contributed by atoms with Gasteiger partial charge < -0.3 is 5.11 Å². The molecule has 0 bridgehead atoms. The van der Waals surface area contributed by atoms with Gasteiger partial charge in [0, 0.05) is 5.02 Å². The zero-order valence-corrected chi connectivity index (χ0v) is 9.60. The molecule has 0 saturated heterocycles. The minimum Gasteiger partial charge on any atom is -0.388 e. The Morgan fingerprint density at radius 1 is 1.33 bits per heavy atom. The standard InChI is InChI=1S/C12H16ClFO/c1-2-3-4-5-12(15)9-6-10(13)8-11(14)7-9/h6-8,12,15H,2-5H2,1H3. The van der Waals surface area contributed by atoms with Crippen molar-refractivity contribution in [2.24, 2.45) is 0 Å². The molecule has 84 valence electrons. The molecule has 1 aromatic rings. The number of benzene rings is 1. The number of hydrogen-bond acceptors (Lipinski definition) is 1. The van der Waals surface area contributed by atoms with Gasteiger partial charge in [-0.3, -0.25) is 0 Å². The van der Waals surface area contributed by atoms with E-state index < -0.39 is 11.9 Å². The molecule has 1 nitrogen and oxygen atoms in total. The molecule has 0 radical (unpaired) electrons. The van der Waals surface area contributed by atoms with Crippen molar-refractivity contribution in [1.29, 1.82) is 0 Å². The van der Waals surface area contributed by atoms with Crippen molar-refractivity contribution in [3.05, 3.63) is 34.6 Å². The fourth-order valence-electron chi connectivity index (χ4n) is 1.52. The quantitative estimate of drug-likeness (QED) is 0.756. The second-order valence-corrected chi connectivity index (χ2v) is 4.15. The lowest BCUT2D eigenvalue weighted by molar-refractivity contribution is 0.163. The highest BCUT2D eigenvalue weighted by molar-refractivity contribution is 6.30. The number of aliphatic hydroxyl groups is 1. The van der Waals surface area contributed by atoms with E-state index in [0.717, 1.165) is 19.3 Å². The Labute approximate surface area is 94.9 Å². The van der Waals surface area contributed by atoms with Crippen LogP contribution in [0.25, 0.3) is 0 Å². The van der Waals surface area contributed by atoms with Crippen LogP contribution >= 0.6 is 11.6 Å². The van der Waals surface area contributed by atoms with Crippen molar-refractivity contribution in [3.63, 3.8) is 0 Å². The highest BCUT2D eigenvalue weighted by atomic mass is 35.5. The van der Waals surface area contributed by atoms with E-state index in [2.05, 4.69) is 6.92 Å². The average molecular weight is 231 g/mol. The van der Waals surface area contributed by atoms with E-state index in [-0.39, 0.29) is 0 Å². The number of hydrogen-bond donors (Lipinski definition) is 1. The van der Waals surface area contributed by atoms with Gasteiger partial charge in [0.2, 0.25) is 0 Å². The van der Waals surface area contributed by atoms with Gasteiger partial charge in [0.15, 0.2) is 0 Å². The largest absolute Gasteiger partial charge is 0.388 e. The molecule has 0 aliphatic rings. The van der Waals surface area contributed by atoms with Crippen molar-refractivity contribution in [2.75, 3.05) is 0 Å². The average Bonchev–Trinajstić information content (AvgIpc) is 2.16. The number of halogens is 2. The molecule has 0 aliphatic heterocycles. The van der Waals surface area contributed by atoms with Crippen LogP contribution in [-0.2, 0) is 0 Å². The molecule has 0 fully saturated rings. The Balaban J connectivity index is 2.60. The summed E-state index contributed by atoms with van der Waals surface area (Å²) >= 11 is 5.70. The molecular formula is C12H16ClFO. The summed E-state index contributed by atoms with van der Waals surface area (Å²) in [7, 11) is 0. The minimum absolute atomic E-state index is 0.333. The van der Waals surface area contributed by atoms with Crippen molar-refractivity contribution >= 4 is 11.6 Å². The van der Waals surface area contributed by atoms with Crippen LogP contribution in [0.2, 0.25) is 5.02 Å². The van der Waals surface area contributed by atoms with E-state index in [9.17, 15) is 9.50 Å². The van der Waals surface area contributed by atoms with Crippen LogP contribution in [0.5, 0.6) is 0 Å². The highest BCUT2D eigenvalue weighted by Gasteiger charge is 2.09. The Hall–Kier alpha value is -0.600. The van der Waals surface area contributed by atoms with E-state index in [1.54, 1.807) is 6.07 Å². The molecule has 1 unspecified atom stereocenters. The van der Waals surface area contributed by atoms with Crippen LogP contribution in [0.3, 0.4) is 0 Å². The van der Waals surface area contributed by atoms with Gasteiger partial charge in [0.1, 0.15) is 5.82 Å². The Kier molecular flexibility index (Phi) is 5.06. The Bertz CT molecular complexity index is 294. The maximum atomic E-state index is 13.0. The predicted octanol–water partition coefficient (Wildman–Crippen LogP) is 4.09. The lowest BCUT2D eigenvalue weighted by Crippen LogP contribution is -1.98. The second kappa shape index (κ2) is 6.09. The zero-order chi connectivity index (χ0) is 11.3. The topological polar surface area (TPSA) is 20.2 Å². The zero-order valence-electron chi connectivity index (χ0n) is 8.84. The maximum absolute atomic E-state index is 13.0. The molecule has 1 N–H and O–H groups in total. The van der Waals surface area contributed by atoms with Crippen LogP contribution in [0.15, 0.2) is 18.2 Å². The van der Waals surface area contributed by atoms with Crippen LogP contribution < -0.4 is 0 Å². The summed E-state index contributed by atoms with van der Waals surface area (Å²) in [6.45, 7) is 2.10. The number of rotatable bonds is 5. The van der Waals surface area contributed by atoms with E-state index in [1.807, 2.05) is 0 Å². The van der Waals surface area contributed by atoms with Gasteiger partial charge in [0.05, 0.1) is 6.10 Å². The maximum Gasteiger partial charge on any atom is 0.125 e. The monoisotopic (exact) mass is 230 g/mol. The summed E-state index contributed by atoms with van der Waals surface area (Å²) in [6.07, 6.45) is 3.20. The summed E-state index contributed by atoms with van der Waals surface area (Å²) in [5.41, 5.74) is 0.566. The summed E-state index contributed by atoms with van der Waals surface area (Å²) in [4.78, 5) is 0. The van der Waals surface area contributed by atoms with Crippen molar-refractivity contribution in [1.82, 2.24) is 0 Å². The SMILES string of the molecule is CCCCCC(O)c1cc(F)cc(Cl)c1. The molecule has 0 amide bonds. The molecule has 15 heavy (non-hydrogen) atoms. The lowest BCUT2D eigenvalue weighted by Gasteiger charge is -2.11. The first-order valence-corrected chi connectivity index (χ1v) is 5.65. The summed E-state index contributed by atoms with van der Waals surface area (Å²) in [5.74, 6) is -0.396. The molecular weight excluding hydrogens is 215 g/mol. The van der Waals surface area contributed by atoms with Gasteiger partial charge in [0.25, 0.3) is 0 Å². The number of aliphatic hydroxyl groups excluding tert-OH is 1. The molecule has 0 aliphatic carbocycles. The Morgan fingerprint density at radius 2 is 2.07 bits per heavy atom. The molecule has 0 spiro atoms. The summed E-state index contributed by atoms with van der Waals surface area (Å²) in [5, 5.41) is 10.1. The molecule has 0 saturated carbocycles. The minimum atomic E-state index is -0.607. The second-order valence-electron chi connectivity index (χ2n) is 3.71. The highest BCUT2D eigenvalue weighted by Crippen LogP contribution is 2.23. The van der Waals surface area contributed by atoms with E-state index in [0.29, 0.717) is 17.0 Å². The first-order chi connectivity index (χ1) is 7.13. The van der Waals surface area contributed by atoms with Crippen molar-refractivity contribution < 1.29 is 9.50 Å². The normalized spacial score (nSPS) is 12.8. The van der Waals surface area contributed by atoms with Crippen molar-refractivity contribution in [2.45, 2.75) is 38.7 Å². The molecule has 1 atom stereocenters. The van der Waals surface area contributed by atoms with Gasteiger partial charge in [-0.25, -0.2) is 4.39 Å². The fourth-order valence-corrected chi connectivity index (χ4v) is 1.75. The van der Waals surface area contributed by atoms with Crippen LogP contribution in [0, 0.1) is 5.82 Å². The first-order valence-electron chi connectivity index (χ1n) is 5.27. The molecule has 1 rings (SSSR count). The van der Waals surface area contributed by atoms with E-state index in [1.165, 1.54) is 12.1 Å². The van der Waals surface area contributed by atoms with E-state index in [4.69, 9.17) is 11.6 Å². The van der Waals surface area contributed by atoms with Crippen LogP contribution in [0.4, 0.5) is 4.39 Å². The van der Waals surface area contributed by atoms with Crippen molar-refractivity contribution in [3.8, 4) is 0 Å². The smallest absolute Gasteiger partial charge is 0.125 e. The summed E-state index contributed by atoms with van der Waals surface area (Å²) < 4.78 is 13.0. The molecule has 3 heteroatoms. The van der Waals surface area contributed by atoms with Crippen LogP contribution in [0.1, 0.15) is 44.3 Å². The third kappa shape index (κ3) is 4.18. The number of unbranched alkanes of at least 4 members (excludes halogenated alkanes) is 2. The molecule has 0 heterocycles. The van der Waals surface area contributed by atoms with E-state index >= 15 is 0 Å². The van der Waals surface area contributed by atoms with Gasteiger partial charge in [-0.15, -0.1) is 0 Å². The molecule has 1 aromatic carbocycles. The predicted molar refractivity (Wildman–Crippen MR) is 60.5 cm³/mol. The van der Waals surface area contributed by atoms with Crippen LogP contribution in [-0.4, -0.2) is 5.11 Å². The molecule has 0 aromatic heterocycles. The summed E-state index contributed by atoms with van der Waals surface area (Å²) in [6, 6.07) is 4.19. The van der Waals surface area contributed by atoms with Gasteiger partial charge in [-0.1, -0.05) is 37.8 Å². The first kappa shape index (κ1) is 12.5.